The summed E-state index contributed by atoms with van der Waals surface area (Å²) in [6.07, 6.45) is 0. The molecular weight excluding hydrogens is 288 g/mol. The van der Waals surface area contributed by atoms with E-state index in [2.05, 4.69) is 10.6 Å². The third-order valence-electron chi connectivity index (χ3n) is 2.87. The van der Waals surface area contributed by atoms with Crippen LogP contribution in [0.25, 0.3) is 0 Å². The molecule has 6 heteroatoms. The molecule has 2 aromatic rings. The van der Waals surface area contributed by atoms with Gasteiger partial charge in [-0.25, -0.2) is 4.79 Å². The number of benzene rings is 1. The molecule has 1 aromatic carbocycles. The highest BCUT2D eigenvalue weighted by atomic mass is 32.1. The van der Waals surface area contributed by atoms with Gasteiger partial charge in [0, 0.05) is 13.1 Å². The fourth-order valence-corrected chi connectivity index (χ4v) is 2.59. The van der Waals surface area contributed by atoms with E-state index >= 15 is 0 Å². The number of amides is 1. The maximum Gasteiger partial charge on any atom is 0.346 e. The molecule has 3 N–H and O–H groups in total. The van der Waals surface area contributed by atoms with Crippen molar-refractivity contribution in [3.05, 3.63) is 57.8 Å². The van der Waals surface area contributed by atoms with Crippen LogP contribution in [0.1, 0.15) is 20.8 Å². The molecule has 1 heterocycles. The Hall–Kier alpha value is -2.18. The summed E-state index contributed by atoms with van der Waals surface area (Å²) in [4.78, 5) is 22.9. The van der Waals surface area contributed by atoms with Gasteiger partial charge in [0.15, 0.2) is 0 Å². The fourth-order valence-electron chi connectivity index (χ4n) is 1.83. The van der Waals surface area contributed by atoms with Crippen LogP contribution in [0, 0.1) is 0 Å². The smallest absolute Gasteiger partial charge is 0.346 e. The topological polar surface area (TPSA) is 78.4 Å². The maximum atomic E-state index is 11.7. The third kappa shape index (κ3) is 4.70. The number of carboxylic acid groups (broad SMARTS) is 1. The van der Waals surface area contributed by atoms with Crippen LogP contribution in [0.15, 0.2) is 41.8 Å². The molecule has 0 unspecified atom stereocenters. The molecule has 5 nitrogen and oxygen atoms in total. The van der Waals surface area contributed by atoms with Gasteiger partial charge in [0.1, 0.15) is 4.88 Å². The van der Waals surface area contributed by atoms with Crippen LogP contribution >= 0.6 is 11.3 Å². The van der Waals surface area contributed by atoms with E-state index in [1.807, 2.05) is 30.3 Å². The molecule has 0 aliphatic heterocycles. The van der Waals surface area contributed by atoms with Gasteiger partial charge in [0.2, 0.25) is 5.91 Å². The van der Waals surface area contributed by atoms with E-state index in [4.69, 9.17) is 5.11 Å². The molecule has 0 atom stereocenters. The zero-order valence-electron chi connectivity index (χ0n) is 11.3. The van der Waals surface area contributed by atoms with E-state index in [9.17, 15) is 9.59 Å². The molecule has 0 saturated carbocycles. The molecule has 1 amide bonds. The van der Waals surface area contributed by atoms with Crippen molar-refractivity contribution in [2.24, 2.45) is 0 Å². The van der Waals surface area contributed by atoms with E-state index in [0.717, 1.165) is 5.56 Å². The van der Waals surface area contributed by atoms with Crippen molar-refractivity contribution in [2.45, 2.75) is 13.1 Å². The molecule has 0 aliphatic carbocycles. The summed E-state index contributed by atoms with van der Waals surface area (Å²) in [5.74, 6) is -1.05. The van der Waals surface area contributed by atoms with Crippen molar-refractivity contribution in [1.82, 2.24) is 10.6 Å². The van der Waals surface area contributed by atoms with Gasteiger partial charge in [-0.05, 0) is 22.6 Å². The Bertz CT molecular complexity index is 610. The zero-order valence-corrected chi connectivity index (χ0v) is 12.2. The summed E-state index contributed by atoms with van der Waals surface area (Å²) in [5, 5.41) is 16.5. The molecule has 0 fully saturated rings. The predicted molar refractivity (Wildman–Crippen MR) is 81.3 cm³/mol. The molecule has 0 bridgehead atoms. The minimum atomic E-state index is -0.935. The Kier molecular flexibility index (Phi) is 5.48. The highest BCUT2D eigenvalue weighted by molar-refractivity contribution is 7.12. The van der Waals surface area contributed by atoms with Gasteiger partial charge in [-0.1, -0.05) is 30.3 Å². The van der Waals surface area contributed by atoms with E-state index in [1.165, 1.54) is 11.3 Å². The van der Waals surface area contributed by atoms with Crippen molar-refractivity contribution in [2.75, 3.05) is 6.54 Å². The van der Waals surface area contributed by atoms with Crippen LogP contribution < -0.4 is 10.6 Å². The highest BCUT2D eigenvalue weighted by Gasteiger charge is 2.11. The summed E-state index contributed by atoms with van der Waals surface area (Å²) in [7, 11) is 0. The molecule has 0 aliphatic rings. The number of hydrogen-bond donors (Lipinski definition) is 3. The number of aromatic carboxylic acids is 1. The molecule has 21 heavy (non-hydrogen) atoms. The first-order chi connectivity index (χ1) is 10.2. The Balaban J connectivity index is 1.72. The number of rotatable bonds is 7. The Labute approximate surface area is 126 Å². The predicted octanol–water partition coefficient (Wildman–Crippen LogP) is 1.85. The first kappa shape index (κ1) is 15.2. The molecule has 0 spiro atoms. The van der Waals surface area contributed by atoms with E-state index in [0.29, 0.717) is 23.5 Å². The number of carbonyl (C=O) groups excluding carboxylic acids is 1. The number of carbonyl (C=O) groups is 2. The molecule has 110 valence electrons. The molecular formula is C15H16N2O3S. The minimum absolute atomic E-state index is 0.119. The quantitative estimate of drug-likeness (QED) is 0.729. The van der Waals surface area contributed by atoms with Gasteiger partial charge in [0.05, 0.1) is 6.54 Å². The standard InChI is InChI=1S/C15H16N2O3S/c18-13(17-8-11-4-2-1-3-5-11)10-16-9-12-6-7-21-14(12)15(19)20/h1-7,16H,8-10H2,(H,17,18)(H,19,20). The molecule has 1 aromatic heterocycles. The largest absolute Gasteiger partial charge is 0.477 e. The zero-order chi connectivity index (χ0) is 15.1. The summed E-state index contributed by atoms with van der Waals surface area (Å²) < 4.78 is 0. The molecule has 2 rings (SSSR count). The normalized spacial score (nSPS) is 10.3. The van der Waals surface area contributed by atoms with Crippen molar-refractivity contribution >= 4 is 23.2 Å². The summed E-state index contributed by atoms with van der Waals surface area (Å²) >= 11 is 1.18. The van der Waals surface area contributed by atoms with Gasteiger partial charge in [-0.15, -0.1) is 11.3 Å². The van der Waals surface area contributed by atoms with Crippen LogP contribution in [0.5, 0.6) is 0 Å². The second-order valence-electron chi connectivity index (χ2n) is 4.45. The lowest BCUT2D eigenvalue weighted by atomic mass is 10.2. The number of nitrogens with one attached hydrogen (secondary N) is 2. The van der Waals surface area contributed by atoms with Gasteiger partial charge < -0.3 is 15.7 Å². The van der Waals surface area contributed by atoms with Crippen LogP contribution in [-0.4, -0.2) is 23.5 Å². The summed E-state index contributed by atoms with van der Waals surface area (Å²) in [5.41, 5.74) is 1.74. The van der Waals surface area contributed by atoms with Crippen LogP contribution in [0.4, 0.5) is 0 Å². The lowest BCUT2D eigenvalue weighted by Crippen LogP contribution is -2.33. The first-order valence-electron chi connectivity index (χ1n) is 6.48. The van der Waals surface area contributed by atoms with Crippen molar-refractivity contribution in [3.63, 3.8) is 0 Å². The Morgan fingerprint density at radius 1 is 1.10 bits per heavy atom. The average molecular weight is 304 g/mol. The Morgan fingerprint density at radius 3 is 2.57 bits per heavy atom. The number of carboxylic acids is 1. The van der Waals surface area contributed by atoms with Crippen LogP contribution in [0.2, 0.25) is 0 Å². The number of hydrogen-bond acceptors (Lipinski definition) is 4. The van der Waals surface area contributed by atoms with Gasteiger partial charge in [-0.2, -0.15) is 0 Å². The number of thiophene rings is 1. The lowest BCUT2D eigenvalue weighted by Gasteiger charge is -2.07. The monoisotopic (exact) mass is 304 g/mol. The maximum absolute atomic E-state index is 11.7. The van der Waals surface area contributed by atoms with Gasteiger partial charge in [0.25, 0.3) is 0 Å². The molecule has 0 radical (unpaired) electrons. The summed E-state index contributed by atoms with van der Waals surface area (Å²) in [6, 6.07) is 11.4. The second kappa shape index (κ2) is 7.56. The minimum Gasteiger partial charge on any atom is -0.477 e. The van der Waals surface area contributed by atoms with Gasteiger partial charge >= 0.3 is 5.97 Å². The SMILES string of the molecule is O=C(CNCc1ccsc1C(=O)O)NCc1ccccc1. The summed E-state index contributed by atoms with van der Waals surface area (Å²) in [6.45, 7) is 1.01. The van der Waals surface area contributed by atoms with Gasteiger partial charge in [-0.3, -0.25) is 4.79 Å². The van der Waals surface area contributed by atoms with Crippen molar-refractivity contribution in [3.8, 4) is 0 Å². The first-order valence-corrected chi connectivity index (χ1v) is 7.36. The fraction of sp³-hybridized carbons (Fsp3) is 0.200. The molecule has 0 saturated heterocycles. The van der Waals surface area contributed by atoms with E-state index in [-0.39, 0.29) is 12.5 Å². The van der Waals surface area contributed by atoms with Crippen molar-refractivity contribution in [1.29, 1.82) is 0 Å². The Morgan fingerprint density at radius 2 is 1.86 bits per heavy atom. The van der Waals surface area contributed by atoms with E-state index < -0.39 is 5.97 Å². The van der Waals surface area contributed by atoms with Crippen LogP contribution in [-0.2, 0) is 17.9 Å². The van der Waals surface area contributed by atoms with Crippen LogP contribution in [0.3, 0.4) is 0 Å². The highest BCUT2D eigenvalue weighted by Crippen LogP contribution is 2.16. The average Bonchev–Trinajstić information content (AvgIpc) is 2.95. The third-order valence-corrected chi connectivity index (χ3v) is 3.82. The lowest BCUT2D eigenvalue weighted by molar-refractivity contribution is -0.120. The van der Waals surface area contributed by atoms with Crippen molar-refractivity contribution < 1.29 is 14.7 Å². The second-order valence-corrected chi connectivity index (χ2v) is 5.36. The van der Waals surface area contributed by atoms with E-state index in [1.54, 1.807) is 11.4 Å².